The van der Waals surface area contributed by atoms with Gasteiger partial charge in [-0.1, -0.05) is 149 Å². The fraction of sp³-hybridized carbons (Fsp3) is 0.571. The molecule has 0 bridgehead atoms. The minimum atomic E-state index is 0.356. The molecule has 2 saturated carbocycles. The predicted molar refractivity (Wildman–Crippen MR) is 193 cm³/mol. The SMILES string of the molecule is CC.CC.CC.CC.CC.CC.Cc1ccc2c(c1)[C@@H]2OC1CC[C@@H]2CC2C1.Cc1ccc2c(c1)[C@@H]2c1ccc2c(c1)C2. The van der Waals surface area contributed by atoms with Gasteiger partial charge in [0.25, 0.3) is 0 Å². The highest BCUT2D eigenvalue weighted by atomic mass is 16.5. The average Bonchev–Trinajstić information content (AvgIpc) is 3.92. The number of rotatable bonds is 3. The summed E-state index contributed by atoms with van der Waals surface area (Å²) in [5, 5.41) is 0. The maximum atomic E-state index is 6.22. The summed E-state index contributed by atoms with van der Waals surface area (Å²) in [5.41, 5.74) is 13.3. The van der Waals surface area contributed by atoms with Crippen LogP contribution in [0, 0.1) is 25.7 Å². The van der Waals surface area contributed by atoms with E-state index in [4.69, 9.17) is 4.74 Å². The van der Waals surface area contributed by atoms with Crippen molar-refractivity contribution in [1.29, 1.82) is 0 Å². The third-order valence-electron chi connectivity index (χ3n) is 8.15. The van der Waals surface area contributed by atoms with Gasteiger partial charge in [-0.25, -0.2) is 0 Å². The van der Waals surface area contributed by atoms with Crippen molar-refractivity contribution >= 4 is 0 Å². The number of hydrogen-bond donors (Lipinski definition) is 0. The van der Waals surface area contributed by atoms with E-state index >= 15 is 0 Å². The van der Waals surface area contributed by atoms with Crippen molar-refractivity contribution in [3.05, 3.63) is 105 Å². The molecule has 0 radical (unpaired) electrons. The van der Waals surface area contributed by atoms with Gasteiger partial charge in [0.15, 0.2) is 0 Å². The van der Waals surface area contributed by atoms with Crippen molar-refractivity contribution in [2.45, 2.75) is 147 Å². The van der Waals surface area contributed by atoms with Gasteiger partial charge >= 0.3 is 0 Å². The summed E-state index contributed by atoms with van der Waals surface area (Å²) in [4.78, 5) is 0. The molecule has 240 valence electrons. The molecule has 0 amide bonds. The number of benzene rings is 3. The maximum absolute atomic E-state index is 6.22. The van der Waals surface area contributed by atoms with Crippen molar-refractivity contribution in [3.8, 4) is 0 Å². The first-order valence-corrected chi connectivity index (χ1v) is 18.1. The lowest BCUT2D eigenvalue weighted by Crippen LogP contribution is -2.17. The Kier molecular flexibility index (Phi) is 17.8. The first-order chi connectivity index (χ1) is 21.1. The van der Waals surface area contributed by atoms with E-state index in [9.17, 15) is 0 Å². The van der Waals surface area contributed by atoms with Crippen LogP contribution in [0.25, 0.3) is 0 Å². The molecule has 2 unspecified atom stereocenters. The number of hydrogen-bond acceptors (Lipinski definition) is 1. The summed E-state index contributed by atoms with van der Waals surface area (Å²) in [6.07, 6.45) is 7.64. The van der Waals surface area contributed by atoms with Crippen LogP contribution < -0.4 is 0 Å². The number of fused-ring (bicyclic) bond motifs is 4. The Morgan fingerprint density at radius 2 is 1.09 bits per heavy atom. The molecule has 8 rings (SSSR count). The molecule has 0 N–H and O–H groups in total. The normalized spacial score (nSPS) is 22.0. The van der Waals surface area contributed by atoms with Crippen molar-refractivity contribution in [3.63, 3.8) is 0 Å². The van der Waals surface area contributed by atoms with Crippen molar-refractivity contribution in [2.75, 3.05) is 0 Å². The summed E-state index contributed by atoms with van der Waals surface area (Å²) in [6.45, 7) is 28.3. The Balaban J connectivity index is 0.000000321. The highest BCUT2D eigenvalue weighted by Crippen LogP contribution is 2.53. The molecule has 3 aromatic rings. The third-order valence-corrected chi connectivity index (χ3v) is 8.15. The van der Waals surface area contributed by atoms with Crippen LogP contribution in [0.1, 0.15) is 171 Å². The van der Waals surface area contributed by atoms with Crippen LogP contribution in [-0.2, 0) is 11.2 Å². The Bertz CT molecular complexity index is 1210. The van der Waals surface area contributed by atoms with Gasteiger partial charge in [0.2, 0.25) is 0 Å². The topological polar surface area (TPSA) is 9.23 Å². The molecule has 0 aliphatic heterocycles. The quantitative estimate of drug-likeness (QED) is 0.204. The second-order valence-corrected chi connectivity index (χ2v) is 10.6. The van der Waals surface area contributed by atoms with E-state index in [1.54, 1.807) is 11.1 Å². The Morgan fingerprint density at radius 3 is 1.63 bits per heavy atom. The molecule has 1 heteroatoms. The summed E-state index contributed by atoms with van der Waals surface area (Å²) >= 11 is 0. The van der Waals surface area contributed by atoms with Crippen LogP contribution in [0.2, 0.25) is 0 Å². The van der Waals surface area contributed by atoms with E-state index in [0.717, 1.165) is 11.8 Å². The number of aryl methyl sites for hydroxylation is 2. The third kappa shape index (κ3) is 10.3. The van der Waals surface area contributed by atoms with Crippen LogP contribution in [0.3, 0.4) is 0 Å². The van der Waals surface area contributed by atoms with Crippen molar-refractivity contribution < 1.29 is 4.74 Å². The lowest BCUT2D eigenvalue weighted by atomic mass is 9.98. The Hall–Kier alpha value is -2.38. The average molecular weight is 587 g/mol. The van der Waals surface area contributed by atoms with Crippen LogP contribution in [0.15, 0.2) is 54.6 Å². The van der Waals surface area contributed by atoms with Crippen LogP contribution in [-0.4, -0.2) is 6.10 Å². The maximum Gasteiger partial charge on any atom is 0.109 e. The molecular weight excluding hydrogens is 520 g/mol. The highest BCUT2D eigenvalue weighted by molar-refractivity contribution is 5.63. The van der Waals surface area contributed by atoms with Gasteiger partial charge < -0.3 is 4.74 Å². The molecular formula is C42H66O. The molecule has 2 fully saturated rings. The van der Waals surface area contributed by atoms with Gasteiger partial charge in [0.1, 0.15) is 6.10 Å². The van der Waals surface area contributed by atoms with E-state index in [-0.39, 0.29) is 0 Å². The highest BCUT2D eigenvalue weighted by Gasteiger charge is 2.44. The van der Waals surface area contributed by atoms with E-state index in [1.165, 1.54) is 71.0 Å². The van der Waals surface area contributed by atoms with E-state index in [2.05, 4.69) is 68.4 Å². The predicted octanol–water partition coefficient (Wildman–Crippen LogP) is 13.2. The first-order valence-electron chi connectivity index (χ1n) is 18.1. The second-order valence-electron chi connectivity index (χ2n) is 10.6. The van der Waals surface area contributed by atoms with E-state index in [0.29, 0.717) is 18.1 Å². The van der Waals surface area contributed by atoms with Gasteiger partial charge in [-0.05, 0) is 96.7 Å². The van der Waals surface area contributed by atoms with Gasteiger partial charge in [-0.2, -0.15) is 0 Å². The van der Waals surface area contributed by atoms with Crippen LogP contribution in [0.5, 0.6) is 0 Å². The van der Waals surface area contributed by atoms with Gasteiger partial charge in [0.05, 0.1) is 6.10 Å². The smallest absolute Gasteiger partial charge is 0.109 e. The first kappa shape index (κ1) is 38.6. The van der Waals surface area contributed by atoms with Gasteiger partial charge in [-0.15, -0.1) is 0 Å². The Morgan fingerprint density at radius 1 is 0.512 bits per heavy atom. The zero-order valence-corrected chi connectivity index (χ0v) is 30.5. The van der Waals surface area contributed by atoms with Crippen LogP contribution in [0.4, 0.5) is 0 Å². The number of ether oxygens (including phenoxy) is 1. The molecule has 0 spiro atoms. The molecule has 5 aliphatic carbocycles. The monoisotopic (exact) mass is 587 g/mol. The molecule has 5 atom stereocenters. The minimum absolute atomic E-state index is 0.356. The molecule has 0 aromatic heterocycles. The second kappa shape index (κ2) is 19.8. The fourth-order valence-electron chi connectivity index (χ4n) is 5.95. The largest absolute Gasteiger partial charge is 0.366 e. The molecule has 0 heterocycles. The van der Waals surface area contributed by atoms with Crippen molar-refractivity contribution in [1.82, 2.24) is 0 Å². The van der Waals surface area contributed by atoms with Gasteiger partial charge in [0, 0.05) is 5.92 Å². The Labute approximate surface area is 267 Å². The van der Waals surface area contributed by atoms with Gasteiger partial charge in [-0.3, -0.25) is 0 Å². The molecule has 1 nitrogen and oxygen atoms in total. The molecule has 43 heavy (non-hydrogen) atoms. The van der Waals surface area contributed by atoms with E-state index < -0.39 is 0 Å². The van der Waals surface area contributed by atoms with E-state index in [1.807, 2.05) is 83.1 Å². The summed E-state index contributed by atoms with van der Waals surface area (Å²) < 4.78 is 6.22. The zero-order valence-electron chi connectivity index (χ0n) is 30.5. The zero-order chi connectivity index (χ0) is 32.7. The lowest BCUT2D eigenvalue weighted by molar-refractivity contribution is 0.00639. The molecule has 3 aromatic carbocycles. The molecule has 0 saturated heterocycles. The summed E-state index contributed by atoms with van der Waals surface area (Å²) in [6, 6.07) is 20.5. The van der Waals surface area contributed by atoms with Crippen LogP contribution >= 0.6 is 0 Å². The lowest BCUT2D eigenvalue weighted by Gasteiger charge is -2.21. The minimum Gasteiger partial charge on any atom is -0.366 e. The standard InChI is InChI=1S/C15H18O.C15H12.6C2H6/c1-9-2-5-13-14(6-9)15(13)16-12-4-3-10-7-11(10)8-12;1-9-2-5-13-14(6-9)15(13)11-4-3-10-7-12(10)8-11;6*1-2/h2,5-6,10-12,15H,3-4,7-8H2,1H3;2-6,8,15H,7H2,1H3;6*1-2H3/t10-,11?,12?,15-;15-;;;;;;/m11....../s1. The molecule has 5 aliphatic rings. The van der Waals surface area contributed by atoms with Crippen molar-refractivity contribution in [2.24, 2.45) is 11.8 Å². The summed E-state index contributed by atoms with van der Waals surface area (Å²) in [5.74, 6) is 2.70. The summed E-state index contributed by atoms with van der Waals surface area (Å²) in [7, 11) is 0. The fourth-order valence-corrected chi connectivity index (χ4v) is 5.95.